The molecule has 2 heterocycles. The van der Waals surface area contributed by atoms with Gasteiger partial charge in [-0.3, -0.25) is 0 Å². The van der Waals surface area contributed by atoms with Gasteiger partial charge in [-0.1, -0.05) is 28.1 Å². The highest BCUT2D eigenvalue weighted by Crippen LogP contribution is 2.22. The largest absolute Gasteiger partial charge is 0.366 e. The number of hydrogen-bond donors (Lipinski definition) is 1. The molecule has 0 spiro atoms. The van der Waals surface area contributed by atoms with E-state index in [1.54, 1.807) is 4.52 Å². The van der Waals surface area contributed by atoms with Crippen molar-refractivity contribution in [2.75, 3.05) is 5.73 Å². The molecule has 2 N–H and O–H groups in total. The van der Waals surface area contributed by atoms with Crippen LogP contribution in [0.4, 0.5) is 5.95 Å². The first kappa shape index (κ1) is 11.2. The van der Waals surface area contributed by atoms with Crippen molar-refractivity contribution in [1.29, 1.82) is 0 Å². The summed E-state index contributed by atoms with van der Waals surface area (Å²) in [5.74, 6) is 0.747. The lowest BCUT2D eigenvalue weighted by Crippen LogP contribution is -1.98. The molecular weight excluding hydrogens is 294 g/mol. The average Bonchev–Trinajstić information content (AvgIpc) is 2.69. The average molecular weight is 304 g/mol. The van der Waals surface area contributed by atoms with Gasteiger partial charge in [0.1, 0.15) is 0 Å². The van der Waals surface area contributed by atoms with Crippen molar-refractivity contribution in [3.8, 4) is 11.3 Å². The Hall–Kier alpha value is -1.95. The van der Waals surface area contributed by atoms with E-state index in [0.29, 0.717) is 5.78 Å². The van der Waals surface area contributed by atoms with E-state index in [1.165, 1.54) is 0 Å². The fourth-order valence-electron chi connectivity index (χ4n) is 1.83. The van der Waals surface area contributed by atoms with Gasteiger partial charge in [-0.05, 0) is 25.1 Å². The molecule has 0 radical (unpaired) electrons. The van der Waals surface area contributed by atoms with Gasteiger partial charge >= 0.3 is 0 Å². The summed E-state index contributed by atoms with van der Waals surface area (Å²) in [5.41, 5.74) is 8.47. The molecule has 90 valence electrons. The third-order valence-electron chi connectivity index (χ3n) is 2.60. The minimum absolute atomic E-state index is 0.228. The number of aryl methyl sites for hydroxylation is 1. The second kappa shape index (κ2) is 4.06. The Morgan fingerprint density at radius 3 is 2.61 bits per heavy atom. The molecule has 0 unspecified atom stereocenters. The standard InChI is InChI=1S/C12H10BrN5/c1-7-6-10(8-2-4-9(13)5-3-8)18-12(15-7)16-11(14)17-18/h2-6H,1H3,(H2,14,17). The zero-order chi connectivity index (χ0) is 12.7. The molecule has 0 aliphatic carbocycles. The number of hydrogen-bond acceptors (Lipinski definition) is 4. The molecular formula is C12H10BrN5. The van der Waals surface area contributed by atoms with Crippen molar-refractivity contribution in [3.63, 3.8) is 0 Å². The molecule has 0 aliphatic heterocycles. The number of aromatic nitrogens is 4. The molecule has 1 aromatic carbocycles. The number of halogens is 1. The van der Waals surface area contributed by atoms with Crippen molar-refractivity contribution < 1.29 is 0 Å². The molecule has 2 aromatic heterocycles. The second-order valence-electron chi connectivity index (χ2n) is 3.97. The predicted octanol–water partition coefficient (Wildman–Crippen LogP) is 2.44. The Kier molecular flexibility index (Phi) is 2.52. The van der Waals surface area contributed by atoms with Gasteiger partial charge in [-0.2, -0.15) is 9.50 Å². The Balaban J connectivity index is 2.30. The molecule has 3 aromatic rings. The lowest BCUT2D eigenvalue weighted by Gasteiger charge is -2.05. The maximum absolute atomic E-state index is 5.62. The summed E-state index contributed by atoms with van der Waals surface area (Å²) in [6.45, 7) is 1.92. The van der Waals surface area contributed by atoms with Crippen LogP contribution < -0.4 is 5.73 Å². The molecule has 5 nitrogen and oxygen atoms in total. The Labute approximate surface area is 112 Å². The van der Waals surface area contributed by atoms with Crippen molar-refractivity contribution in [2.45, 2.75) is 6.92 Å². The van der Waals surface area contributed by atoms with Gasteiger partial charge in [0.2, 0.25) is 5.95 Å². The van der Waals surface area contributed by atoms with Gasteiger partial charge in [0, 0.05) is 15.7 Å². The van der Waals surface area contributed by atoms with E-state index >= 15 is 0 Å². The third-order valence-corrected chi connectivity index (χ3v) is 3.13. The predicted molar refractivity (Wildman–Crippen MR) is 73.1 cm³/mol. The zero-order valence-electron chi connectivity index (χ0n) is 9.63. The molecule has 0 atom stereocenters. The van der Waals surface area contributed by atoms with Crippen LogP contribution in [-0.4, -0.2) is 19.6 Å². The maximum Gasteiger partial charge on any atom is 0.254 e. The van der Waals surface area contributed by atoms with E-state index in [9.17, 15) is 0 Å². The monoisotopic (exact) mass is 303 g/mol. The van der Waals surface area contributed by atoms with E-state index in [2.05, 4.69) is 31.0 Å². The van der Waals surface area contributed by atoms with Gasteiger partial charge < -0.3 is 5.73 Å². The number of benzene rings is 1. The quantitative estimate of drug-likeness (QED) is 0.749. The van der Waals surface area contributed by atoms with E-state index in [1.807, 2.05) is 37.3 Å². The first-order chi connectivity index (χ1) is 8.63. The first-order valence-electron chi connectivity index (χ1n) is 5.39. The van der Waals surface area contributed by atoms with E-state index < -0.39 is 0 Å². The van der Waals surface area contributed by atoms with E-state index in [0.717, 1.165) is 21.4 Å². The molecule has 6 heteroatoms. The Morgan fingerprint density at radius 2 is 1.89 bits per heavy atom. The number of rotatable bonds is 1. The van der Waals surface area contributed by atoms with Gasteiger partial charge in [0.15, 0.2) is 0 Å². The van der Waals surface area contributed by atoms with Crippen molar-refractivity contribution >= 4 is 27.7 Å². The molecule has 18 heavy (non-hydrogen) atoms. The van der Waals surface area contributed by atoms with E-state index in [4.69, 9.17) is 5.73 Å². The van der Waals surface area contributed by atoms with Crippen LogP contribution in [0.1, 0.15) is 5.69 Å². The van der Waals surface area contributed by atoms with Gasteiger partial charge in [-0.25, -0.2) is 4.98 Å². The number of nitrogens with two attached hydrogens (primary N) is 1. The lowest BCUT2D eigenvalue weighted by molar-refractivity contribution is 0.942. The van der Waals surface area contributed by atoms with Crippen molar-refractivity contribution in [2.24, 2.45) is 0 Å². The molecule has 0 saturated heterocycles. The van der Waals surface area contributed by atoms with Crippen LogP contribution >= 0.6 is 15.9 Å². The summed E-state index contributed by atoms with van der Waals surface area (Å²) < 4.78 is 2.69. The number of nitrogens with zero attached hydrogens (tertiary/aromatic N) is 4. The van der Waals surface area contributed by atoms with Crippen LogP contribution in [0.5, 0.6) is 0 Å². The number of anilines is 1. The fourth-order valence-corrected chi connectivity index (χ4v) is 2.09. The molecule has 3 rings (SSSR count). The number of nitrogen functional groups attached to an aromatic ring is 1. The van der Waals surface area contributed by atoms with Crippen LogP contribution in [-0.2, 0) is 0 Å². The smallest absolute Gasteiger partial charge is 0.254 e. The van der Waals surface area contributed by atoms with Gasteiger partial charge in [0.25, 0.3) is 5.78 Å². The van der Waals surface area contributed by atoms with Crippen LogP contribution in [0.25, 0.3) is 17.0 Å². The minimum Gasteiger partial charge on any atom is -0.366 e. The number of fused-ring (bicyclic) bond motifs is 1. The Bertz CT molecular complexity index is 717. The summed E-state index contributed by atoms with van der Waals surface area (Å²) in [6.07, 6.45) is 0. The summed E-state index contributed by atoms with van der Waals surface area (Å²) in [7, 11) is 0. The normalized spacial score (nSPS) is 11.0. The van der Waals surface area contributed by atoms with Crippen LogP contribution in [0.2, 0.25) is 0 Å². The fraction of sp³-hybridized carbons (Fsp3) is 0.0833. The summed E-state index contributed by atoms with van der Waals surface area (Å²) in [4.78, 5) is 8.39. The SMILES string of the molecule is Cc1cc(-c2ccc(Br)cc2)n2nc(N)nc2n1. The van der Waals surface area contributed by atoms with Crippen LogP contribution in [0.3, 0.4) is 0 Å². The molecule has 0 bridgehead atoms. The van der Waals surface area contributed by atoms with Crippen molar-refractivity contribution in [1.82, 2.24) is 19.6 Å². The van der Waals surface area contributed by atoms with Crippen LogP contribution in [0.15, 0.2) is 34.8 Å². The van der Waals surface area contributed by atoms with Crippen molar-refractivity contribution in [3.05, 3.63) is 40.5 Å². The third kappa shape index (κ3) is 1.84. The van der Waals surface area contributed by atoms with Gasteiger partial charge in [-0.15, -0.1) is 5.10 Å². The zero-order valence-corrected chi connectivity index (χ0v) is 11.2. The summed E-state index contributed by atoms with van der Waals surface area (Å²) in [5, 5.41) is 4.16. The maximum atomic E-state index is 5.62. The molecule has 0 fully saturated rings. The lowest BCUT2D eigenvalue weighted by atomic mass is 10.1. The van der Waals surface area contributed by atoms with Crippen LogP contribution in [0, 0.1) is 6.92 Å². The summed E-state index contributed by atoms with van der Waals surface area (Å²) >= 11 is 3.42. The van der Waals surface area contributed by atoms with Gasteiger partial charge in [0.05, 0.1) is 5.69 Å². The topological polar surface area (TPSA) is 69.1 Å². The molecule has 0 aliphatic rings. The highest BCUT2D eigenvalue weighted by atomic mass is 79.9. The Morgan fingerprint density at radius 1 is 1.17 bits per heavy atom. The first-order valence-corrected chi connectivity index (χ1v) is 6.18. The minimum atomic E-state index is 0.228. The summed E-state index contributed by atoms with van der Waals surface area (Å²) in [6, 6.07) is 9.95. The van der Waals surface area contributed by atoms with E-state index in [-0.39, 0.29) is 5.95 Å². The molecule has 0 saturated carbocycles. The molecule has 0 amide bonds. The highest BCUT2D eigenvalue weighted by Gasteiger charge is 2.09. The second-order valence-corrected chi connectivity index (χ2v) is 4.89. The highest BCUT2D eigenvalue weighted by molar-refractivity contribution is 9.10.